The van der Waals surface area contributed by atoms with Gasteiger partial charge in [-0.15, -0.1) is 0 Å². The highest BCUT2D eigenvalue weighted by molar-refractivity contribution is 6.21. The van der Waals surface area contributed by atoms with E-state index >= 15 is 0 Å². The van der Waals surface area contributed by atoms with Gasteiger partial charge in [0.2, 0.25) is 0 Å². The molecule has 0 spiro atoms. The molecule has 0 saturated carbocycles. The van der Waals surface area contributed by atoms with Crippen molar-refractivity contribution in [2.45, 2.75) is 12.5 Å². The van der Waals surface area contributed by atoms with Crippen molar-refractivity contribution in [1.82, 2.24) is 5.43 Å². The van der Waals surface area contributed by atoms with Crippen LogP contribution >= 0.6 is 0 Å². The number of hydrazone groups is 1. The second kappa shape index (κ2) is 6.46. The Hall–Kier alpha value is -3.73. The fourth-order valence-corrected chi connectivity index (χ4v) is 3.97. The van der Waals surface area contributed by atoms with Gasteiger partial charge in [0.1, 0.15) is 0 Å². The van der Waals surface area contributed by atoms with Crippen molar-refractivity contribution in [3.05, 3.63) is 100 Å². The van der Waals surface area contributed by atoms with Gasteiger partial charge in [-0.1, -0.05) is 60.7 Å². The van der Waals surface area contributed by atoms with Gasteiger partial charge in [-0.2, -0.15) is 5.10 Å². The normalized spacial score (nSPS) is 16.1. The standard InChI is InChI=1S/C23H17N3O2/c27-26(28)18-9-5-8-17(13-18)21-14-22(25-24-21)23-19-10-3-1-6-15(19)12-16-7-2-4-11-20(16)23/h1-13,21,24H,14H2/t21-/m0/s1. The van der Waals surface area contributed by atoms with E-state index in [9.17, 15) is 10.1 Å². The molecule has 1 atom stereocenters. The lowest BCUT2D eigenvalue weighted by Gasteiger charge is -2.12. The summed E-state index contributed by atoms with van der Waals surface area (Å²) < 4.78 is 0. The molecule has 1 heterocycles. The van der Waals surface area contributed by atoms with E-state index in [1.807, 2.05) is 30.3 Å². The van der Waals surface area contributed by atoms with Crippen LogP contribution in [0, 0.1) is 10.1 Å². The van der Waals surface area contributed by atoms with E-state index < -0.39 is 0 Å². The maximum absolute atomic E-state index is 11.1. The molecule has 136 valence electrons. The quantitative estimate of drug-likeness (QED) is 0.302. The van der Waals surface area contributed by atoms with Crippen molar-refractivity contribution in [1.29, 1.82) is 0 Å². The first-order valence-corrected chi connectivity index (χ1v) is 9.18. The summed E-state index contributed by atoms with van der Waals surface area (Å²) in [6, 6.07) is 25.5. The molecule has 28 heavy (non-hydrogen) atoms. The third-order valence-corrected chi connectivity index (χ3v) is 5.30. The smallest absolute Gasteiger partial charge is 0.269 e. The predicted octanol–water partition coefficient (Wildman–Crippen LogP) is 5.34. The van der Waals surface area contributed by atoms with Gasteiger partial charge in [-0.05, 0) is 33.2 Å². The van der Waals surface area contributed by atoms with Crippen LogP contribution in [0.3, 0.4) is 0 Å². The summed E-state index contributed by atoms with van der Waals surface area (Å²) >= 11 is 0. The fourth-order valence-electron chi connectivity index (χ4n) is 3.97. The molecule has 1 N–H and O–H groups in total. The van der Waals surface area contributed by atoms with Crippen molar-refractivity contribution < 1.29 is 4.92 Å². The van der Waals surface area contributed by atoms with Crippen LogP contribution in [0.15, 0.2) is 84.0 Å². The van der Waals surface area contributed by atoms with Crippen LogP contribution in [0.2, 0.25) is 0 Å². The van der Waals surface area contributed by atoms with E-state index in [2.05, 4.69) is 40.9 Å². The van der Waals surface area contributed by atoms with Gasteiger partial charge in [0.15, 0.2) is 0 Å². The first-order chi connectivity index (χ1) is 13.7. The number of non-ortho nitro benzene ring substituents is 1. The molecule has 0 saturated heterocycles. The molecule has 0 fully saturated rings. The van der Waals surface area contributed by atoms with Crippen LogP contribution in [0.25, 0.3) is 21.5 Å². The molecule has 4 aromatic rings. The van der Waals surface area contributed by atoms with Gasteiger partial charge < -0.3 is 5.43 Å². The van der Waals surface area contributed by atoms with Crippen LogP contribution in [-0.4, -0.2) is 10.6 Å². The van der Waals surface area contributed by atoms with Crippen molar-refractivity contribution in [3.63, 3.8) is 0 Å². The van der Waals surface area contributed by atoms with Gasteiger partial charge in [0.05, 0.1) is 16.7 Å². The molecule has 0 bridgehead atoms. The number of fused-ring (bicyclic) bond motifs is 2. The fraction of sp³-hybridized carbons (Fsp3) is 0.0870. The summed E-state index contributed by atoms with van der Waals surface area (Å²) in [5.74, 6) is 0. The summed E-state index contributed by atoms with van der Waals surface area (Å²) in [6.07, 6.45) is 0.680. The third kappa shape index (κ3) is 2.68. The van der Waals surface area contributed by atoms with Crippen LogP contribution in [0.4, 0.5) is 5.69 Å². The minimum Gasteiger partial charge on any atom is -0.302 e. The van der Waals surface area contributed by atoms with Crippen LogP contribution < -0.4 is 5.43 Å². The number of rotatable bonds is 3. The minimum absolute atomic E-state index is 0.0763. The largest absolute Gasteiger partial charge is 0.302 e. The molecule has 5 heteroatoms. The van der Waals surface area contributed by atoms with E-state index in [1.54, 1.807) is 12.1 Å². The predicted molar refractivity (Wildman–Crippen MR) is 112 cm³/mol. The van der Waals surface area contributed by atoms with Crippen molar-refractivity contribution >= 4 is 32.9 Å². The highest BCUT2D eigenvalue weighted by Gasteiger charge is 2.25. The Kier molecular flexibility index (Phi) is 3.79. The van der Waals surface area contributed by atoms with Crippen LogP contribution in [0.1, 0.15) is 23.6 Å². The zero-order chi connectivity index (χ0) is 19.1. The molecular formula is C23H17N3O2. The first-order valence-electron chi connectivity index (χ1n) is 9.18. The van der Waals surface area contributed by atoms with E-state index in [0.717, 1.165) is 16.8 Å². The zero-order valence-electron chi connectivity index (χ0n) is 15.0. The lowest BCUT2D eigenvalue weighted by atomic mass is 9.91. The Morgan fingerprint density at radius 3 is 2.25 bits per heavy atom. The SMILES string of the molecule is O=[N+]([O-])c1cccc([C@@H]2CC(c3c4ccccc4cc4ccccc34)=NN2)c1. The van der Waals surface area contributed by atoms with Crippen LogP contribution in [0.5, 0.6) is 0 Å². The molecule has 5 rings (SSSR count). The van der Waals surface area contributed by atoms with E-state index in [-0.39, 0.29) is 16.7 Å². The Balaban J connectivity index is 1.60. The molecule has 0 aliphatic carbocycles. The van der Waals surface area contributed by atoms with Crippen LogP contribution in [-0.2, 0) is 0 Å². The molecule has 1 aliphatic heterocycles. The van der Waals surface area contributed by atoms with E-state index in [0.29, 0.717) is 6.42 Å². The zero-order valence-corrected chi connectivity index (χ0v) is 15.0. The number of benzene rings is 4. The summed E-state index contributed by atoms with van der Waals surface area (Å²) in [7, 11) is 0. The van der Waals surface area contributed by atoms with Gasteiger partial charge in [0.25, 0.3) is 5.69 Å². The minimum atomic E-state index is -0.363. The molecular weight excluding hydrogens is 350 g/mol. The molecule has 1 aliphatic rings. The highest BCUT2D eigenvalue weighted by Crippen LogP contribution is 2.34. The molecule has 4 aromatic carbocycles. The van der Waals surface area contributed by atoms with Gasteiger partial charge in [-0.3, -0.25) is 10.1 Å². The lowest BCUT2D eigenvalue weighted by Crippen LogP contribution is -2.10. The molecule has 0 aromatic heterocycles. The van der Waals surface area contributed by atoms with Gasteiger partial charge in [0, 0.05) is 24.1 Å². The maximum atomic E-state index is 11.1. The van der Waals surface area contributed by atoms with Gasteiger partial charge in [-0.25, -0.2) is 0 Å². The molecule has 0 unspecified atom stereocenters. The number of nitrogens with zero attached hydrogens (tertiary/aromatic N) is 2. The number of nitrogens with one attached hydrogen (secondary N) is 1. The number of hydrogen-bond donors (Lipinski definition) is 1. The topological polar surface area (TPSA) is 67.5 Å². The molecule has 0 radical (unpaired) electrons. The second-order valence-electron chi connectivity index (χ2n) is 6.99. The average Bonchev–Trinajstić information content (AvgIpc) is 3.22. The molecule has 0 amide bonds. The van der Waals surface area contributed by atoms with Crippen molar-refractivity contribution in [3.8, 4) is 0 Å². The summed E-state index contributed by atoms with van der Waals surface area (Å²) in [6.45, 7) is 0. The first kappa shape index (κ1) is 16.4. The maximum Gasteiger partial charge on any atom is 0.269 e. The lowest BCUT2D eigenvalue weighted by molar-refractivity contribution is -0.384. The monoisotopic (exact) mass is 367 g/mol. The number of hydrogen-bond acceptors (Lipinski definition) is 4. The Morgan fingerprint density at radius 2 is 1.57 bits per heavy atom. The summed E-state index contributed by atoms with van der Waals surface area (Å²) in [5, 5.41) is 20.4. The average molecular weight is 367 g/mol. The second-order valence-corrected chi connectivity index (χ2v) is 6.99. The summed E-state index contributed by atoms with van der Waals surface area (Å²) in [5.41, 5.74) is 6.27. The van der Waals surface area contributed by atoms with Gasteiger partial charge >= 0.3 is 0 Å². The number of nitro benzene ring substituents is 1. The third-order valence-electron chi connectivity index (χ3n) is 5.30. The summed E-state index contributed by atoms with van der Waals surface area (Å²) in [4.78, 5) is 10.7. The molecule has 5 nitrogen and oxygen atoms in total. The van der Waals surface area contributed by atoms with Crippen molar-refractivity contribution in [2.24, 2.45) is 5.10 Å². The Morgan fingerprint density at radius 1 is 0.893 bits per heavy atom. The Labute approximate surface area is 161 Å². The highest BCUT2D eigenvalue weighted by atomic mass is 16.6. The number of nitro groups is 1. The van der Waals surface area contributed by atoms with E-state index in [1.165, 1.54) is 27.6 Å². The van der Waals surface area contributed by atoms with Crippen molar-refractivity contribution in [2.75, 3.05) is 0 Å². The Bertz CT molecular complexity index is 1210. The van der Waals surface area contributed by atoms with E-state index in [4.69, 9.17) is 0 Å².